The van der Waals surface area contributed by atoms with Crippen LogP contribution in [0.15, 0.2) is 11.5 Å². The zero-order chi connectivity index (χ0) is 8.91. The molecule has 2 nitrogen and oxygen atoms in total. The van der Waals surface area contributed by atoms with Crippen molar-refractivity contribution in [3.63, 3.8) is 0 Å². The first-order chi connectivity index (χ1) is 4.92. The van der Waals surface area contributed by atoms with Crippen molar-refractivity contribution in [2.75, 3.05) is 0 Å². The SMILES string of the molecule is OC(=[OH+])SC=CCC(F)(F)F. The van der Waals surface area contributed by atoms with E-state index in [-0.39, 0.29) is 0 Å². The van der Waals surface area contributed by atoms with Crippen LogP contribution in [0, 0.1) is 0 Å². The number of allylic oxidation sites excluding steroid dienone is 1. The largest absolute Gasteiger partial charge is 0.552 e. The highest BCUT2D eigenvalue weighted by atomic mass is 32.2. The van der Waals surface area contributed by atoms with E-state index in [2.05, 4.69) is 0 Å². The van der Waals surface area contributed by atoms with Crippen LogP contribution in [0.5, 0.6) is 0 Å². The van der Waals surface area contributed by atoms with E-state index in [1.165, 1.54) is 0 Å². The fourth-order valence-corrected chi connectivity index (χ4v) is 0.605. The lowest BCUT2D eigenvalue weighted by Gasteiger charge is -1.98. The molecule has 6 heteroatoms. The van der Waals surface area contributed by atoms with Crippen molar-refractivity contribution in [2.45, 2.75) is 12.6 Å². The van der Waals surface area contributed by atoms with E-state index in [1.54, 1.807) is 0 Å². The molecule has 0 amide bonds. The summed E-state index contributed by atoms with van der Waals surface area (Å²) in [7, 11) is 0. The molecule has 0 radical (unpaired) electrons. The molecule has 0 aliphatic rings. The van der Waals surface area contributed by atoms with Crippen LogP contribution in [-0.4, -0.2) is 21.4 Å². The molecule has 64 valence electrons. The zero-order valence-electron chi connectivity index (χ0n) is 5.30. The van der Waals surface area contributed by atoms with Gasteiger partial charge in [0.1, 0.15) is 0 Å². The summed E-state index contributed by atoms with van der Waals surface area (Å²) in [6.07, 6.45) is -4.49. The fraction of sp³-hybridized carbons (Fsp3) is 0.400. The summed E-state index contributed by atoms with van der Waals surface area (Å²) in [5.74, 6) is 0. The molecule has 0 unspecified atom stereocenters. The Kier molecular flexibility index (Phi) is 4.02. The summed E-state index contributed by atoms with van der Waals surface area (Å²) in [6.45, 7) is 0. The summed E-state index contributed by atoms with van der Waals surface area (Å²) in [6, 6.07) is 0. The zero-order valence-corrected chi connectivity index (χ0v) is 6.11. The lowest BCUT2D eigenvalue weighted by Crippen LogP contribution is -2.03. The first kappa shape index (κ1) is 10.3. The predicted octanol–water partition coefficient (Wildman–Crippen LogP) is 2.20. The van der Waals surface area contributed by atoms with Gasteiger partial charge in [-0.3, -0.25) is 0 Å². The van der Waals surface area contributed by atoms with Crippen LogP contribution in [0.25, 0.3) is 0 Å². The second-order valence-electron chi connectivity index (χ2n) is 1.59. The normalized spacial score (nSPS) is 12.3. The van der Waals surface area contributed by atoms with Crippen LogP contribution in [-0.2, 0) is 0 Å². The minimum absolute atomic E-state index is 0.419. The van der Waals surface area contributed by atoms with Gasteiger partial charge in [0.15, 0.2) is 0 Å². The summed E-state index contributed by atoms with van der Waals surface area (Å²) in [4.78, 5) is 8.08. The minimum Gasteiger partial charge on any atom is -0.330 e. The number of hydrogen-bond donors (Lipinski definition) is 1. The molecule has 0 aromatic carbocycles. The van der Waals surface area contributed by atoms with E-state index in [4.69, 9.17) is 9.90 Å². The lowest BCUT2D eigenvalue weighted by atomic mass is 10.4. The van der Waals surface area contributed by atoms with Gasteiger partial charge in [-0.2, -0.15) is 13.2 Å². The van der Waals surface area contributed by atoms with E-state index in [1.807, 2.05) is 0 Å². The van der Waals surface area contributed by atoms with Gasteiger partial charge < -0.3 is 9.90 Å². The third kappa shape index (κ3) is 9.35. The van der Waals surface area contributed by atoms with Gasteiger partial charge in [-0.05, 0) is 5.41 Å². The van der Waals surface area contributed by atoms with Crippen molar-refractivity contribution in [1.82, 2.24) is 0 Å². The molecule has 0 heterocycles. The van der Waals surface area contributed by atoms with Gasteiger partial charge in [0.25, 0.3) is 0 Å². The Morgan fingerprint density at radius 2 is 2.09 bits per heavy atom. The Bertz CT molecular complexity index is 164. The molecule has 0 spiro atoms. The maximum Gasteiger partial charge on any atom is 0.552 e. The van der Waals surface area contributed by atoms with Crippen LogP contribution in [0.3, 0.4) is 0 Å². The van der Waals surface area contributed by atoms with Gasteiger partial charge in [0.2, 0.25) is 0 Å². The Morgan fingerprint density at radius 1 is 1.55 bits per heavy atom. The second-order valence-corrected chi connectivity index (χ2v) is 2.46. The summed E-state index contributed by atoms with van der Waals surface area (Å²) in [5.41, 5.74) is 0. The van der Waals surface area contributed by atoms with Crippen molar-refractivity contribution in [1.29, 1.82) is 0 Å². The maximum atomic E-state index is 11.4. The molecule has 11 heavy (non-hydrogen) atoms. The van der Waals surface area contributed by atoms with E-state index < -0.39 is 17.9 Å². The van der Waals surface area contributed by atoms with Gasteiger partial charge in [0.05, 0.1) is 18.2 Å². The highest BCUT2D eigenvalue weighted by Gasteiger charge is 2.24. The highest BCUT2D eigenvalue weighted by molar-refractivity contribution is 8.15. The molecule has 0 atom stereocenters. The number of aliphatic hydroxyl groups excluding tert-OH is 1. The molecule has 0 aliphatic carbocycles. The first-order valence-corrected chi connectivity index (χ1v) is 3.43. The molecule has 0 aromatic heterocycles. The average Bonchev–Trinajstić information content (AvgIpc) is 1.78. The smallest absolute Gasteiger partial charge is 0.330 e. The fourth-order valence-electron chi connectivity index (χ4n) is 0.291. The topological polar surface area (TPSA) is 41.6 Å². The molecule has 0 fully saturated rings. The molecule has 2 N–H and O–H groups in total. The molecule has 0 saturated carbocycles. The van der Waals surface area contributed by atoms with E-state index in [9.17, 15) is 13.2 Å². The molecule has 0 aliphatic heterocycles. The summed E-state index contributed by atoms with van der Waals surface area (Å²) in [5, 5.41) is 8.08. The van der Waals surface area contributed by atoms with Crippen molar-refractivity contribution in [2.24, 2.45) is 0 Å². The lowest BCUT2D eigenvalue weighted by molar-refractivity contribution is -0.124. The van der Waals surface area contributed by atoms with Crippen LogP contribution < -0.4 is 0 Å². The standard InChI is InChI=1S/C5H5F3O2S/c6-5(7,8)2-1-3-11-4(9)10/h1,3H,2H2,(H,9,10)/p+1. The third-order valence-electron chi connectivity index (χ3n) is 0.619. The highest BCUT2D eigenvalue weighted by Crippen LogP contribution is 2.20. The van der Waals surface area contributed by atoms with E-state index in [0.29, 0.717) is 11.8 Å². The third-order valence-corrected chi connectivity index (χ3v) is 1.16. The maximum absolute atomic E-state index is 11.4. The van der Waals surface area contributed by atoms with E-state index in [0.717, 1.165) is 11.5 Å². The van der Waals surface area contributed by atoms with Crippen molar-refractivity contribution in [3.05, 3.63) is 11.5 Å². The van der Waals surface area contributed by atoms with Crippen LogP contribution >= 0.6 is 11.8 Å². The number of halogens is 3. The van der Waals surface area contributed by atoms with Crippen molar-refractivity contribution >= 4 is 17.1 Å². The average molecular weight is 187 g/mol. The monoisotopic (exact) mass is 187 g/mol. The molecular weight excluding hydrogens is 181 g/mol. The quantitative estimate of drug-likeness (QED) is 0.673. The Labute approximate surface area is 65.1 Å². The second kappa shape index (κ2) is 4.27. The minimum atomic E-state index is -4.23. The molecule has 0 aromatic rings. The number of carboxylic acid groups (broad SMARTS) is 1. The van der Waals surface area contributed by atoms with Gasteiger partial charge >= 0.3 is 11.5 Å². The Hall–Kier alpha value is -0.650. The Balaban J connectivity index is 3.53. The number of rotatable bonds is 2. The van der Waals surface area contributed by atoms with Crippen LogP contribution in [0.1, 0.15) is 6.42 Å². The van der Waals surface area contributed by atoms with Crippen LogP contribution in [0.4, 0.5) is 13.2 Å². The molecular formula is C5H6F3O2S+. The summed E-state index contributed by atoms with van der Waals surface area (Å²) < 4.78 is 34.2. The molecule has 0 saturated heterocycles. The Morgan fingerprint density at radius 3 is 2.45 bits per heavy atom. The van der Waals surface area contributed by atoms with Crippen molar-refractivity contribution < 1.29 is 23.1 Å². The van der Waals surface area contributed by atoms with Gasteiger partial charge in [-0.1, -0.05) is 6.08 Å². The molecule has 0 bridgehead atoms. The van der Waals surface area contributed by atoms with Gasteiger partial charge in [-0.15, -0.1) is 0 Å². The summed E-state index contributed by atoms with van der Waals surface area (Å²) >= 11 is 0.419. The van der Waals surface area contributed by atoms with E-state index >= 15 is 0 Å². The molecule has 0 rings (SSSR count). The number of alkyl halides is 3. The number of hydrogen-bond acceptors (Lipinski definition) is 1. The van der Waals surface area contributed by atoms with Gasteiger partial charge in [-0.25, -0.2) is 0 Å². The van der Waals surface area contributed by atoms with Crippen LogP contribution in [0.2, 0.25) is 0 Å². The van der Waals surface area contributed by atoms with Crippen molar-refractivity contribution in [3.8, 4) is 0 Å². The predicted molar refractivity (Wildman–Crippen MR) is 37.0 cm³/mol. The first-order valence-electron chi connectivity index (χ1n) is 2.55. The van der Waals surface area contributed by atoms with Gasteiger partial charge in [0, 0.05) is 0 Å². The number of thioether (sulfide) groups is 1.